The molecule has 69 valence electrons. The van der Waals surface area contributed by atoms with Crippen LogP contribution in [0.2, 0.25) is 0 Å². The molecular weight excluding hydrogens is 160 g/mol. The Hall–Kier alpha value is -0.980. The summed E-state index contributed by atoms with van der Waals surface area (Å²) in [6.07, 6.45) is 3.75. The van der Waals surface area contributed by atoms with E-state index in [1.54, 1.807) is 0 Å². The summed E-state index contributed by atoms with van der Waals surface area (Å²) >= 11 is 0. The fraction of sp³-hybridized carbons (Fsp3) is 0.500. The van der Waals surface area contributed by atoms with Gasteiger partial charge >= 0.3 is 0 Å². The monoisotopic (exact) mass is 175 g/mol. The van der Waals surface area contributed by atoms with Crippen LogP contribution in [-0.4, -0.2) is 6.61 Å². The van der Waals surface area contributed by atoms with Gasteiger partial charge in [-0.3, -0.25) is 0 Å². The van der Waals surface area contributed by atoms with E-state index in [1.807, 2.05) is 6.07 Å². The first kappa shape index (κ1) is 8.61. The lowest BCUT2D eigenvalue weighted by molar-refractivity contribution is 0.316. The molecule has 0 saturated heterocycles. The molecule has 1 aromatic rings. The molecule has 13 heavy (non-hydrogen) atoms. The Kier molecular flexibility index (Phi) is 2.53. The molecule has 1 aliphatic carbocycles. The molecule has 0 heterocycles. The molecule has 0 amide bonds. The van der Waals surface area contributed by atoms with Gasteiger partial charge in [0, 0.05) is 6.07 Å². The lowest BCUT2D eigenvalue weighted by atomic mass is 10.1. The van der Waals surface area contributed by atoms with Gasteiger partial charge in [0.2, 0.25) is 0 Å². The highest BCUT2D eigenvalue weighted by molar-refractivity contribution is 5.30. The van der Waals surface area contributed by atoms with Gasteiger partial charge in [0.05, 0.1) is 6.61 Å². The standard InChI is InChI=1S/C12H15O/c1-2-9-13-12-7-5-11(6-8-12)10-3-4-10/h5-7,10H,2-4,9H2,1H3. The summed E-state index contributed by atoms with van der Waals surface area (Å²) in [4.78, 5) is 0. The normalized spacial score (nSPS) is 15.8. The molecule has 0 aliphatic heterocycles. The van der Waals surface area contributed by atoms with Gasteiger partial charge < -0.3 is 4.74 Å². The Bertz CT molecular complexity index is 259. The summed E-state index contributed by atoms with van der Waals surface area (Å²) in [6, 6.07) is 9.44. The number of hydrogen-bond donors (Lipinski definition) is 0. The second-order valence-corrected chi connectivity index (χ2v) is 3.61. The average Bonchev–Trinajstić information content (AvgIpc) is 2.99. The van der Waals surface area contributed by atoms with Crippen LogP contribution in [0.1, 0.15) is 37.7 Å². The molecule has 1 fully saturated rings. The van der Waals surface area contributed by atoms with Crippen molar-refractivity contribution in [3.63, 3.8) is 0 Å². The van der Waals surface area contributed by atoms with Gasteiger partial charge in [-0.15, -0.1) is 0 Å². The maximum absolute atomic E-state index is 5.45. The van der Waals surface area contributed by atoms with E-state index >= 15 is 0 Å². The van der Waals surface area contributed by atoms with Crippen LogP contribution in [-0.2, 0) is 0 Å². The van der Waals surface area contributed by atoms with Crippen LogP contribution in [0.5, 0.6) is 5.75 Å². The van der Waals surface area contributed by atoms with Crippen molar-refractivity contribution in [2.24, 2.45) is 0 Å². The maximum atomic E-state index is 5.45. The lowest BCUT2D eigenvalue weighted by Crippen LogP contribution is -1.94. The Morgan fingerprint density at radius 2 is 2.31 bits per heavy atom. The molecule has 1 aromatic carbocycles. The van der Waals surface area contributed by atoms with Crippen molar-refractivity contribution in [1.82, 2.24) is 0 Å². The van der Waals surface area contributed by atoms with Gasteiger partial charge in [-0.25, -0.2) is 0 Å². The van der Waals surface area contributed by atoms with Crippen LogP contribution >= 0.6 is 0 Å². The molecule has 0 bridgehead atoms. The smallest absolute Gasteiger partial charge is 0.127 e. The van der Waals surface area contributed by atoms with Crippen LogP contribution in [0.3, 0.4) is 0 Å². The van der Waals surface area contributed by atoms with E-state index < -0.39 is 0 Å². The SMILES string of the molecule is CCCOc1[c]cc(C2CC2)cc1. The molecule has 1 aliphatic rings. The molecule has 1 nitrogen and oxygen atoms in total. The fourth-order valence-corrected chi connectivity index (χ4v) is 1.39. The summed E-state index contributed by atoms with van der Waals surface area (Å²) < 4.78 is 5.45. The van der Waals surface area contributed by atoms with E-state index in [9.17, 15) is 0 Å². The highest BCUT2D eigenvalue weighted by Gasteiger charge is 2.22. The van der Waals surface area contributed by atoms with Crippen molar-refractivity contribution < 1.29 is 4.74 Å². The first-order chi connectivity index (χ1) is 6.40. The summed E-state index contributed by atoms with van der Waals surface area (Å²) in [5, 5.41) is 0. The first-order valence-electron chi connectivity index (χ1n) is 5.04. The third-order valence-electron chi connectivity index (χ3n) is 2.32. The summed E-state index contributed by atoms with van der Waals surface area (Å²) in [5.74, 6) is 1.70. The number of rotatable bonds is 4. The zero-order valence-electron chi connectivity index (χ0n) is 8.05. The molecule has 1 radical (unpaired) electrons. The summed E-state index contributed by atoms with van der Waals surface area (Å²) in [6.45, 7) is 2.90. The highest BCUT2D eigenvalue weighted by atomic mass is 16.5. The van der Waals surface area contributed by atoms with Gasteiger partial charge in [0.15, 0.2) is 0 Å². The van der Waals surface area contributed by atoms with Crippen LogP contribution in [0.4, 0.5) is 0 Å². The minimum absolute atomic E-state index is 0.791. The van der Waals surface area contributed by atoms with E-state index in [4.69, 9.17) is 4.74 Å². The van der Waals surface area contributed by atoms with Crippen molar-refractivity contribution in [3.8, 4) is 5.75 Å². The Morgan fingerprint density at radius 1 is 1.46 bits per heavy atom. The third-order valence-corrected chi connectivity index (χ3v) is 2.32. The second-order valence-electron chi connectivity index (χ2n) is 3.61. The zero-order chi connectivity index (χ0) is 9.10. The minimum atomic E-state index is 0.791. The van der Waals surface area contributed by atoms with Crippen molar-refractivity contribution in [2.75, 3.05) is 6.61 Å². The fourth-order valence-electron chi connectivity index (χ4n) is 1.39. The topological polar surface area (TPSA) is 9.23 Å². The molecule has 1 saturated carbocycles. The Balaban J connectivity index is 1.96. The number of ether oxygens (including phenoxy) is 1. The van der Waals surface area contributed by atoms with E-state index in [-0.39, 0.29) is 0 Å². The van der Waals surface area contributed by atoms with Crippen molar-refractivity contribution in [2.45, 2.75) is 32.1 Å². The molecule has 0 atom stereocenters. The zero-order valence-corrected chi connectivity index (χ0v) is 8.05. The quantitative estimate of drug-likeness (QED) is 0.683. The third kappa shape index (κ3) is 2.24. The lowest BCUT2D eigenvalue weighted by Gasteiger charge is -2.04. The van der Waals surface area contributed by atoms with Crippen molar-refractivity contribution >= 4 is 0 Å². The minimum Gasteiger partial charge on any atom is -0.493 e. The van der Waals surface area contributed by atoms with Crippen molar-refractivity contribution in [3.05, 3.63) is 29.8 Å². The van der Waals surface area contributed by atoms with E-state index in [1.165, 1.54) is 18.4 Å². The molecule has 0 unspecified atom stereocenters. The molecular formula is C12H15O. The van der Waals surface area contributed by atoms with Gasteiger partial charge in [-0.1, -0.05) is 13.0 Å². The Morgan fingerprint density at radius 3 is 2.85 bits per heavy atom. The van der Waals surface area contributed by atoms with Crippen LogP contribution < -0.4 is 4.74 Å². The maximum Gasteiger partial charge on any atom is 0.127 e. The van der Waals surface area contributed by atoms with E-state index in [0.717, 1.165) is 24.7 Å². The first-order valence-corrected chi connectivity index (χ1v) is 5.04. The summed E-state index contributed by atoms with van der Waals surface area (Å²) in [5.41, 5.74) is 1.42. The predicted molar refractivity (Wildman–Crippen MR) is 53.0 cm³/mol. The Labute approximate surface area is 79.7 Å². The highest BCUT2D eigenvalue weighted by Crippen LogP contribution is 2.40. The largest absolute Gasteiger partial charge is 0.493 e. The van der Waals surface area contributed by atoms with Gasteiger partial charge in [-0.05, 0) is 42.9 Å². The predicted octanol–water partition coefficient (Wildman–Crippen LogP) is 3.15. The summed E-state index contributed by atoms with van der Waals surface area (Å²) in [7, 11) is 0. The van der Waals surface area contributed by atoms with Crippen LogP contribution in [0.15, 0.2) is 18.2 Å². The van der Waals surface area contributed by atoms with Crippen molar-refractivity contribution in [1.29, 1.82) is 0 Å². The molecule has 2 rings (SSSR count). The number of benzene rings is 1. The van der Waals surface area contributed by atoms with Crippen LogP contribution in [0.25, 0.3) is 0 Å². The van der Waals surface area contributed by atoms with E-state index in [2.05, 4.69) is 25.1 Å². The molecule has 0 spiro atoms. The van der Waals surface area contributed by atoms with Gasteiger partial charge in [-0.2, -0.15) is 0 Å². The van der Waals surface area contributed by atoms with Gasteiger partial charge in [0.25, 0.3) is 0 Å². The molecule has 0 aromatic heterocycles. The van der Waals surface area contributed by atoms with E-state index in [0.29, 0.717) is 0 Å². The van der Waals surface area contributed by atoms with Crippen LogP contribution in [0, 0.1) is 6.07 Å². The van der Waals surface area contributed by atoms with Gasteiger partial charge in [0.1, 0.15) is 5.75 Å². The molecule has 1 heteroatoms. The average molecular weight is 175 g/mol. The molecule has 0 N–H and O–H groups in total. The number of hydrogen-bond acceptors (Lipinski definition) is 1. The second kappa shape index (κ2) is 3.82.